The van der Waals surface area contributed by atoms with Crippen LogP contribution in [-0.4, -0.2) is 4.37 Å². The van der Waals surface area contributed by atoms with Gasteiger partial charge in [0.15, 0.2) is 9.82 Å². The lowest BCUT2D eigenvalue weighted by Gasteiger charge is -1.96. The van der Waals surface area contributed by atoms with E-state index in [1.165, 1.54) is 20.9 Å². The zero-order valence-electron chi connectivity index (χ0n) is 7.08. The van der Waals surface area contributed by atoms with Crippen LogP contribution in [0, 0.1) is 0 Å². The molecule has 0 atom stereocenters. The first kappa shape index (κ1) is 11.4. The van der Waals surface area contributed by atoms with E-state index in [0.29, 0.717) is 25.6 Å². The Labute approximate surface area is 108 Å². The molecule has 0 aliphatic rings. The van der Waals surface area contributed by atoms with Crippen LogP contribution in [0.3, 0.4) is 0 Å². The van der Waals surface area contributed by atoms with Crippen LogP contribution >= 0.6 is 55.7 Å². The first-order valence-corrected chi connectivity index (χ1v) is 7.02. The Hall–Kier alpha value is -0.130. The number of hydrogen-bond acceptors (Lipinski definition) is 4. The fourth-order valence-corrected chi connectivity index (χ4v) is 3.34. The highest BCUT2D eigenvalue weighted by atomic mass is 35.5. The van der Waals surface area contributed by atoms with E-state index in [1.807, 2.05) is 0 Å². The van der Waals surface area contributed by atoms with Crippen LogP contribution in [0.25, 0.3) is 0 Å². The van der Waals surface area contributed by atoms with Crippen molar-refractivity contribution in [3.05, 3.63) is 38.1 Å². The Balaban J connectivity index is 2.53. The van der Waals surface area contributed by atoms with Crippen molar-refractivity contribution in [1.82, 2.24) is 4.37 Å². The lowest BCUT2D eigenvalue weighted by Crippen LogP contribution is -1.92. The number of aromatic nitrogens is 1. The van der Waals surface area contributed by atoms with Gasteiger partial charge in [-0.3, -0.25) is 0 Å². The summed E-state index contributed by atoms with van der Waals surface area (Å²) in [5.41, 5.74) is 0.638. The smallest absolute Gasteiger partial charge is 0.179 e. The topological polar surface area (TPSA) is 25.2 Å². The first-order chi connectivity index (χ1) is 7.16. The molecule has 0 fully saturated rings. The molecule has 0 saturated heterocycles. The molecule has 1 aromatic heterocycles. The maximum Gasteiger partial charge on any atom is 0.179 e. The predicted octanol–water partition coefficient (Wildman–Crippen LogP) is 4.40. The number of benzene rings is 1. The van der Waals surface area contributed by atoms with Gasteiger partial charge in [0.25, 0.3) is 0 Å². The highest BCUT2D eigenvalue weighted by molar-refractivity contribution is 7.66. The molecule has 2 aromatic rings. The van der Waals surface area contributed by atoms with Gasteiger partial charge in [-0.2, -0.15) is 4.37 Å². The highest BCUT2D eigenvalue weighted by Gasteiger charge is 2.01. The molecule has 0 unspecified atom stereocenters. The van der Waals surface area contributed by atoms with Crippen molar-refractivity contribution < 1.29 is 0 Å². The maximum atomic E-state index is 5.97. The Morgan fingerprint density at radius 3 is 2.60 bits per heavy atom. The Morgan fingerprint density at radius 1 is 1.20 bits per heavy atom. The van der Waals surface area contributed by atoms with E-state index in [-0.39, 0.29) is 0 Å². The maximum absolute atomic E-state index is 5.97. The van der Waals surface area contributed by atoms with Crippen molar-refractivity contribution >= 4 is 61.4 Å². The molecule has 0 N–H and O–H groups in total. The molecule has 1 heterocycles. The van der Waals surface area contributed by atoms with E-state index in [2.05, 4.69) is 9.37 Å². The summed E-state index contributed by atoms with van der Waals surface area (Å²) in [4.78, 5) is 4.29. The molecule has 0 radical (unpaired) electrons. The summed E-state index contributed by atoms with van der Waals surface area (Å²) in [7, 11) is 2.69. The third-order valence-corrected chi connectivity index (χ3v) is 4.25. The minimum atomic E-state index is 0.399. The third-order valence-electron chi connectivity index (χ3n) is 1.54. The lowest BCUT2D eigenvalue weighted by atomic mass is 10.3. The van der Waals surface area contributed by atoms with Gasteiger partial charge in [0.1, 0.15) is 0 Å². The minimum Gasteiger partial charge on any atom is -0.232 e. The van der Waals surface area contributed by atoms with Crippen LogP contribution < -0.4 is 4.67 Å². The molecule has 2 rings (SSSR count). The van der Waals surface area contributed by atoms with E-state index in [1.54, 1.807) is 18.2 Å². The summed E-state index contributed by atoms with van der Waals surface area (Å²) >= 11 is 17.6. The number of rotatable bonds is 1. The zero-order chi connectivity index (χ0) is 10.8. The van der Waals surface area contributed by atoms with E-state index in [9.17, 15) is 0 Å². The molecule has 15 heavy (non-hydrogen) atoms. The van der Waals surface area contributed by atoms with Crippen molar-refractivity contribution in [3.8, 4) is 0 Å². The molecule has 7 heteroatoms. The van der Waals surface area contributed by atoms with Crippen molar-refractivity contribution in [2.24, 2.45) is 4.99 Å². The van der Waals surface area contributed by atoms with Crippen molar-refractivity contribution in [2.45, 2.75) is 0 Å². The molecule has 0 aliphatic carbocycles. The van der Waals surface area contributed by atoms with Crippen LogP contribution in [0.2, 0.25) is 15.2 Å². The van der Waals surface area contributed by atoms with Crippen LogP contribution in [0.4, 0.5) is 5.69 Å². The van der Waals surface area contributed by atoms with E-state index in [4.69, 9.17) is 34.8 Å². The fourth-order valence-electron chi connectivity index (χ4n) is 0.906. The largest absolute Gasteiger partial charge is 0.232 e. The van der Waals surface area contributed by atoms with Gasteiger partial charge >= 0.3 is 0 Å². The van der Waals surface area contributed by atoms with Gasteiger partial charge < -0.3 is 0 Å². The molecule has 78 valence electrons. The average molecular weight is 298 g/mol. The van der Waals surface area contributed by atoms with E-state index >= 15 is 0 Å². The van der Waals surface area contributed by atoms with Crippen LogP contribution in [0.1, 0.15) is 0 Å². The molecule has 0 amide bonds. The zero-order valence-corrected chi connectivity index (χ0v) is 11.0. The quantitative estimate of drug-likeness (QED) is 0.716. The molecule has 0 aliphatic heterocycles. The van der Waals surface area contributed by atoms with Crippen LogP contribution in [0.15, 0.2) is 23.2 Å². The SMILES string of the molecule is Clc1ccc(/N=c2/ssnc2Cl)c(Cl)c1. The number of nitrogens with zero attached hydrogens (tertiary/aromatic N) is 2. The summed E-state index contributed by atoms with van der Waals surface area (Å²) < 4.78 is 4.58. The Morgan fingerprint density at radius 2 is 2.00 bits per heavy atom. The molecule has 1 aromatic carbocycles. The van der Waals surface area contributed by atoms with Gasteiger partial charge in [-0.25, -0.2) is 4.99 Å². The van der Waals surface area contributed by atoms with Gasteiger partial charge in [-0.15, -0.1) is 0 Å². The summed E-state index contributed by atoms with van der Waals surface area (Å²) in [6.45, 7) is 0. The molecule has 0 saturated carbocycles. The van der Waals surface area contributed by atoms with Gasteiger partial charge in [0.2, 0.25) is 0 Å². The number of hydrogen-bond donors (Lipinski definition) is 0. The summed E-state index contributed by atoms with van der Waals surface area (Å²) in [6.07, 6.45) is 0. The third kappa shape index (κ3) is 2.71. The van der Waals surface area contributed by atoms with E-state index < -0.39 is 0 Å². The molecule has 0 spiro atoms. The van der Waals surface area contributed by atoms with Gasteiger partial charge in [-0.1, -0.05) is 34.8 Å². The molecule has 0 bridgehead atoms. The standard InChI is InChI=1S/C8H3Cl3N2S2/c9-4-1-2-6(5(10)3-4)12-8-7(11)13-15-14-8/h1-3H/b12-8+. The monoisotopic (exact) mass is 296 g/mol. The molecule has 2 nitrogen and oxygen atoms in total. The van der Waals surface area contributed by atoms with Gasteiger partial charge in [0, 0.05) is 15.6 Å². The highest BCUT2D eigenvalue weighted by Crippen LogP contribution is 2.27. The Bertz CT molecular complexity index is 547. The first-order valence-electron chi connectivity index (χ1n) is 3.78. The second-order valence-corrected chi connectivity index (χ2v) is 5.59. The lowest BCUT2D eigenvalue weighted by molar-refractivity contribution is 1.37. The van der Waals surface area contributed by atoms with Crippen LogP contribution in [-0.2, 0) is 0 Å². The average Bonchev–Trinajstić information content (AvgIpc) is 2.57. The summed E-state index contributed by atoms with van der Waals surface area (Å²) in [6, 6.07) is 5.11. The molecular weight excluding hydrogens is 295 g/mol. The second-order valence-electron chi connectivity index (χ2n) is 2.55. The van der Waals surface area contributed by atoms with Gasteiger partial charge in [-0.05, 0) is 28.5 Å². The van der Waals surface area contributed by atoms with Gasteiger partial charge in [0.05, 0.1) is 10.7 Å². The van der Waals surface area contributed by atoms with E-state index in [0.717, 1.165) is 0 Å². The Kier molecular flexibility index (Phi) is 3.64. The number of halogens is 3. The van der Waals surface area contributed by atoms with Crippen molar-refractivity contribution in [2.75, 3.05) is 0 Å². The van der Waals surface area contributed by atoms with Crippen molar-refractivity contribution in [1.29, 1.82) is 0 Å². The summed E-state index contributed by atoms with van der Waals surface area (Å²) in [5, 5.41) is 1.48. The molecular formula is C8H3Cl3N2S2. The van der Waals surface area contributed by atoms with Crippen LogP contribution in [0.5, 0.6) is 0 Å². The second kappa shape index (κ2) is 4.80. The fraction of sp³-hybridized carbons (Fsp3) is 0. The predicted molar refractivity (Wildman–Crippen MR) is 66.7 cm³/mol. The normalized spacial score (nSPS) is 12.1. The summed E-state index contributed by atoms with van der Waals surface area (Å²) in [5.74, 6) is 0. The van der Waals surface area contributed by atoms with Crippen molar-refractivity contribution in [3.63, 3.8) is 0 Å². The minimum absolute atomic E-state index is 0.399.